The van der Waals surface area contributed by atoms with Crippen LogP contribution in [0.25, 0.3) is 0 Å². The maximum Gasteiger partial charge on any atom is 0.213 e. The molecule has 4 heteroatoms. The van der Waals surface area contributed by atoms with Gasteiger partial charge in [-0.1, -0.05) is 18.2 Å². The van der Waals surface area contributed by atoms with Crippen LogP contribution in [0.15, 0.2) is 42.6 Å². The summed E-state index contributed by atoms with van der Waals surface area (Å²) in [4.78, 5) is 7.13. The first kappa shape index (κ1) is 18.3. The molecule has 2 atom stereocenters. The van der Waals surface area contributed by atoms with Crippen molar-refractivity contribution < 1.29 is 4.74 Å². The van der Waals surface area contributed by atoms with Crippen molar-refractivity contribution in [1.82, 2.24) is 9.47 Å². The first-order valence-electron chi connectivity index (χ1n) is 10.5. The lowest BCUT2D eigenvalue weighted by molar-refractivity contribution is 0.211. The third kappa shape index (κ3) is 3.31. The first-order chi connectivity index (χ1) is 13.2. The van der Waals surface area contributed by atoms with Crippen LogP contribution in [0.2, 0.25) is 0 Å². The zero-order chi connectivity index (χ0) is 18.9. The summed E-state index contributed by atoms with van der Waals surface area (Å²) >= 11 is 0. The maximum atomic E-state index is 5.52. The van der Waals surface area contributed by atoms with Gasteiger partial charge in [-0.25, -0.2) is 4.98 Å². The molecule has 0 amide bonds. The average molecular weight is 367 g/mol. The van der Waals surface area contributed by atoms with Crippen LogP contribution in [0.3, 0.4) is 0 Å². The Labute approximate surface area is 163 Å². The summed E-state index contributed by atoms with van der Waals surface area (Å²) in [7, 11) is 0. The second-order valence-electron chi connectivity index (χ2n) is 7.87. The Morgan fingerprint density at radius 1 is 1.11 bits per heavy atom. The van der Waals surface area contributed by atoms with E-state index in [0.29, 0.717) is 12.8 Å². The molecule has 0 bridgehead atoms. The summed E-state index contributed by atoms with van der Waals surface area (Å²) in [6.45, 7) is 10.7. The van der Waals surface area contributed by atoms with E-state index in [2.05, 4.69) is 54.1 Å². The fraction of sp³-hybridized carbons (Fsp3) is 0.522. The lowest BCUT2D eigenvalue weighted by atomic mass is 10.1. The molecule has 4 nitrogen and oxygen atoms in total. The van der Waals surface area contributed by atoms with E-state index in [1.165, 1.54) is 36.3 Å². The van der Waals surface area contributed by atoms with E-state index in [4.69, 9.17) is 4.74 Å². The summed E-state index contributed by atoms with van der Waals surface area (Å²) in [6, 6.07) is 13.3. The van der Waals surface area contributed by atoms with Crippen LogP contribution in [0.1, 0.15) is 39.2 Å². The van der Waals surface area contributed by atoms with Gasteiger partial charge in [-0.3, -0.25) is 4.48 Å². The second-order valence-corrected chi connectivity index (χ2v) is 7.87. The van der Waals surface area contributed by atoms with Gasteiger partial charge in [0.2, 0.25) is 5.88 Å². The molecule has 2 aromatic rings. The number of benzene rings is 1. The van der Waals surface area contributed by atoms with Crippen molar-refractivity contribution in [2.75, 3.05) is 31.1 Å². The molecule has 0 N–H and O–H groups in total. The van der Waals surface area contributed by atoms with Crippen molar-refractivity contribution in [3.63, 3.8) is 0 Å². The minimum absolute atomic E-state index is 0.442. The zero-order valence-corrected chi connectivity index (χ0v) is 16.9. The van der Waals surface area contributed by atoms with Gasteiger partial charge >= 0.3 is 0 Å². The summed E-state index contributed by atoms with van der Waals surface area (Å²) in [5.74, 6) is 1.60. The number of anilines is 1. The van der Waals surface area contributed by atoms with Gasteiger partial charge in [-0.15, -0.1) is 0 Å². The molecular formula is C23H32N3O+. The summed E-state index contributed by atoms with van der Waals surface area (Å²) < 4.78 is 6.61. The second kappa shape index (κ2) is 7.51. The Kier molecular flexibility index (Phi) is 5.09. The molecule has 2 heterocycles. The van der Waals surface area contributed by atoms with Crippen LogP contribution >= 0.6 is 0 Å². The van der Waals surface area contributed by atoms with Crippen LogP contribution in [-0.2, 0) is 6.42 Å². The van der Waals surface area contributed by atoms with Crippen LogP contribution in [0, 0.1) is 5.92 Å². The number of fused-ring (bicyclic) bond motifs is 1. The van der Waals surface area contributed by atoms with Crippen LogP contribution in [0.4, 0.5) is 11.4 Å². The fourth-order valence-corrected chi connectivity index (χ4v) is 4.80. The van der Waals surface area contributed by atoms with Crippen LogP contribution < -0.4 is 14.1 Å². The normalized spacial score (nSPS) is 24.1. The number of likely N-dealkylation sites (N-methyl/N-ethyl adjacent to an activating group) is 2. The smallest absolute Gasteiger partial charge is 0.213 e. The quantitative estimate of drug-likeness (QED) is 0.637. The molecule has 0 spiro atoms. The van der Waals surface area contributed by atoms with E-state index in [9.17, 15) is 0 Å². The van der Waals surface area contributed by atoms with Gasteiger partial charge in [0.1, 0.15) is 5.69 Å². The van der Waals surface area contributed by atoms with E-state index in [-0.39, 0.29) is 0 Å². The van der Waals surface area contributed by atoms with Gasteiger partial charge in [-0.2, -0.15) is 0 Å². The maximum absolute atomic E-state index is 5.52. The first-order valence-corrected chi connectivity index (χ1v) is 10.5. The molecule has 27 heavy (non-hydrogen) atoms. The van der Waals surface area contributed by atoms with Crippen molar-refractivity contribution in [2.45, 2.75) is 46.2 Å². The van der Waals surface area contributed by atoms with E-state index in [1.54, 1.807) is 0 Å². The molecule has 2 aliphatic rings. The predicted molar refractivity (Wildman–Crippen MR) is 112 cm³/mol. The van der Waals surface area contributed by atoms with E-state index in [0.717, 1.165) is 35.8 Å². The van der Waals surface area contributed by atoms with Crippen molar-refractivity contribution in [3.8, 4) is 5.88 Å². The molecule has 0 radical (unpaired) electrons. The highest BCUT2D eigenvalue weighted by Crippen LogP contribution is 2.48. The van der Waals surface area contributed by atoms with Gasteiger partial charge < -0.3 is 9.64 Å². The molecule has 4 rings (SSSR count). The number of ether oxygens (including phenoxy) is 1. The fourth-order valence-electron chi connectivity index (χ4n) is 4.80. The molecule has 2 unspecified atom stereocenters. The highest BCUT2D eigenvalue weighted by atomic mass is 16.5. The van der Waals surface area contributed by atoms with Gasteiger partial charge in [0.25, 0.3) is 0 Å². The average Bonchev–Trinajstić information content (AvgIpc) is 3.48. The number of quaternary nitrogens is 1. The summed E-state index contributed by atoms with van der Waals surface area (Å²) in [5.41, 5.74) is 4.23. The van der Waals surface area contributed by atoms with Gasteiger partial charge in [0, 0.05) is 37.2 Å². The van der Waals surface area contributed by atoms with Crippen LogP contribution in [-0.4, -0.2) is 37.4 Å². The third-order valence-electron chi connectivity index (χ3n) is 6.30. The molecule has 1 aromatic carbocycles. The van der Waals surface area contributed by atoms with Gasteiger partial charge in [0.05, 0.1) is 19.7 Å². The Morgan fingerprint density at radius 3 is 2.56 bits per heavy atom. The molecule has 1 aliphatic carbocycles. The van der Waals surface area contributed by atoms with Crippen molar-refractivity contribution >= 4 is 11.4 Å². The van der Waals surface area contributed by atoms with Crippen LogP contribution in [0.5, 0.6) is 5.88 Å². The van der Waals surface area contributed by atoms with Gasteiger partial charge in [-0.05, 0) is 45.2 Å². The number of nitrogens with zero attached hydrogens (tertiary/aromatic N) is 3. The molecule has 1 aromatic heterocycles. The number of pyridine rings is 1. The Bertz CT molecular complexity index is 771. The topological polar surface area (TPSA) is 25.4 Å². The largest absolute Gasteiger partial charge is 0.478 e. The molecule has 1 aliphatic heterocycles. The molecular weight excluding hydrogens is 334 g/mol. The number of hydrogen-bond donors (Lipinski definition) is 0. The lowest BCUT2D eigenvalue weighted by Gasteiger charge is -2.41. The van der Waals surface area contributed by atoms with Crippen molar-refractivity contribution in [3.05, 3.63) is 48.2 Å². The third-order valence-corrected chi connectivity index (χ3v) is 6.30. The minimum Gasteiger partial charge on any atom is -0.478 e. The lowest BCUT2D eigenvalue weighted by Crippen LogP contribution is -2.61. The molecule has 144 valence electrons. The number of rotatable bonds is 8. The number of hydrogen-bond acceptors (Lipinski definition) is 3. The van der Waals surface area contributed by atoms with Crippen molar-refractivity contribution in [1.29, 1.82) is 0 Å². The Morgan fingerprint density at radius 2 is 1.93 bits per heavy atom. The summed E-state index contributed by atoms with van der Waals surface area (Å²) in [6.07, 6.45) is 6.25. The number of para-hydroxylation sites is 2. The standard InChI is InChI=1S/C23H32N3O/c1-4-25-20-9-7-8-10-21(20)26(5-2,17-18-11-12-18)23(25)15-19-13-14-22(24-16-19)27-6-3/h7-10,13-14,16,18,23H,4-6,11-12,15,17H2,1-3H3/q+1. The summed E-state index contributed by atoms with van der Waals surface area (Å²) in [5, 5.41) is 0. The van der Waals surface area contributed by atoms with Crippen molar-refractivity contribution in [2.24, 2.45) is 5.92 Å². The van der Waals surface area contributed by atoms with E-state index < -0.39 is 0 Å². The monoisotopic (exact) mass is 366 g/mol. The molecule has 1 saturated carbocycles. The number of aromatic nitrogens is 1. The highest BCUT2D eigenvalue weighted by Gasteiger charge is 2.51. The molecule has 1 fully saturated rings. The zero-order valence-electron chi connectivity index (χ0n) is 16.9. The highest BCUT2D eigenvalue weighted by molar-refractivity contribution is 5.75. The molecule has 0 saturated heterocycles. The predicted octanol–water partition coefficient (Wildman–Crippen LogP) is 4.63. The minimum atomic E-state index is 0.442. The SMILES string of the molecule is CCOc1ccc(CC2N(CC)c3ccccc3[N+]2(CC)CC2CC2)cn1. The van der Waals surface area contributed by atoms with Gasteiger partial charge in [0.15, 0.2) is 11.9 Å². The Hall–Kier alpha value is -2.07. The van der Waals surface area contributed by atoms with E-state index >= 15 is 0 Å². The Balaban J connectivity index is 1.69. The van der Waals surface area contributed by atoms with E-state index in [1.807, 2.05) is 19.2 Å².